The maximum atomic E-state index is 9.10. The van der Waals surface area contributed by atoms with Crippen molar-refractivity contribution in [3.8, 4) is 0 Å². The Balaban J connectivity index is 0.000000688. The number of hydrogen-bond donors (Lipinski definition) is 3. The van der Waals surface area contributed by atoms with E-state index in [4.69, 9.17) is 36.8 Å². The minimum absolute atomic E-state index is 0.795. The second-order valence-corrected chi connectivity index (χ2v) is 5.20. The largest absolute Gasteiger partial charge is 0.473 e. The fraction of sp³-hybridized carbons (Fsp3) is 0.786. The number of nitrogens with one attached hydrogen (secondary N) is 1. The van der Waals surface area contributed by atoms with E-state index in [1.165, 1.54) is 0 Å². The Morgan fingerprint density at radius 2 is 1.70 bits per heavy atom. The average molecular weight is 349 g/mol. The molecule has 1 heterocycles. The van der Waals surface area contributed by atoms with Gasteiger partial charge in [0.25, 0.3) is 0 Å². The van der Waals surface area contributed by atoms with Crippen molar-refractivity contribution in [1.29, 1.82) is 0 Å². The number of carbonyl (C=O) groups is 2. The summed E-state index contributed by atoms with van der Waals surface area (Å²) in [5, 5.41) is 19.0. The molecule has 9 heteroatoms. The number of carboxylic acids is 2. The molecule has 1 aliphatic rings. The van der Waals surface area contributed by atoms with E-state index in [1.54, 1.807) is 0 Å². The van der Waals surface area contributed by atoms with Crippen molar-refractivity contribution < 1.29 is 24.5 Å². The predicted molar refractivity (Wildman–Crippen MR) is 90.7 cm³/mol. The van der Waals surface area contributed by atoms with Crippen LogP contribution in [0.5, 0.6) is 0 Å². The van der Waals surface area contributed by atoms with E-state index in [0.717, 1.165) is 64.0 Å². The van der Waals surface area contributed by atoms with Gasteiger partial charge in [0.15, 0.2) is 5.11 Å². The van der Waals surface area contributed by atoms with Gasteiger partial charge in [-0.05, 0) is 32.1 Å². The Morgan fingerprint density at radius 3 is 2.13 bits per heavy atom. The Kier molecular flexibility index (Phi) is 12.2. The zero-order chi connectivity index (χ0) is 17.7. The minimum Gasteiger partial charge on any atom is -0.473 e. The summed E-state index contributed by atoms with van der Waals surface area (Å²) in [6.45, 7) is 12.2. The number of rotatable bonds is 6. The Morgan fingerprint density at radius 1 is 1.13 bits per heavy atom. The molecule has 0 radical (unpaired) electrons. The molecule has 0 amide bonds. The SMILES string of the molecule is CCOCCCNC(=S)N1CCN(CC)CC1.O=C(O)C(=O)O. The Bertz CT molecular complexity index is 361. The van der Waals surface area contributed by atoms with Crippen LogP contribution in [0, 0.1) is 0 Å². The van der Waals surface area contributed by atoms with Gasteiger partial charge in [0.1, 0.15) is 0 Å². The highest BCUT2D eigenvalue weighted by Crippen LogP contribution is 2.01. The summed E-state index contributed by atoms with van der Waals surface area (Å²) in [6.07, 6.45) is 1.02. The topological polar surface area (TPSA) is 102 Å². The minimum atomic E-state index is -1.82. The summed E-state index contributed by atoms with van der Waals surface area (Å²) >= 11 is 5.38. The molecule has 0 aromatic heterocycles. The Hall–Kier alpha value is -1.45. The number of ether oxygens (including phenoxy) is 1. The molecule has 8 nitrogen and oxygen atoms in total. The maximum absolute atomic E-state index is 9.10. The molecule has 23 heavy (non-hydrogen) atoms. The molecule has 0 aromatic rings. The molecule has 0 aliphatic carbocycles. The van der Waals surface area contributed by atoms with Crippen LogP contribution in [0.2, 0.25) is 0 Å². The highest BCUT2D eigenvalue weighted by atomic mass is 32.1. The second-order valence-electron chi connectivity index (χ2n) is 4.81. The smallest absolute Gasteiger partial charge is 0.414 e. The number of hydrogen-bond acceptors (Lipinski definition) is 5. The summed E-state index contributed by atoms with van der Waals surface area (Å²) in [7, 11) is 0. The normalized spacial score (nSPS) is 14.6. The first-order chi connectivity index (χ1) is 10.9. The lowest BCUT2D eigenvalue weighted by Gasteiger charge is -2.35. The van der Waals surface area contributed by atoms with E-state index in [1.807, 2.05) is 6.92 Å². The molecule has 0 aromatic carbocycles. The van der Waals surface area contributed by atoms with Gasteiger partial charge in [-0.3, -0.25) is 0 Å². The number of likely N-dealkylation sites (N-methyl/N-ethyl adjacent to an activating group) is 1. The van der Waals surface area contributed by atoms with Crippen molar-refractivity contribution in [2.24, 2.45) is 0 Å². The van der Waals surface area contributed by atoms with Crippen molar-refractivity contribution >= 4 is 29.3 Å². The standard InChI is InChI=1S/C12H25N3OS.C2H2O4/c1-3-14-7-9-15(10-8-14)12(17)13-6-5-11-16-4-2;3-1(4)2(5)6/h3-11H2,1-2H3,(H,13,17);(H,3,4)(H,5,6). The molecule has 1 fully saturated rings. The lowest BCUT2D eigenvalue weighted by molar-refractivity contribution is -0.159. The van der Waals surface area contributed by atoms with Gasteiger partial charge < -0.3 is 30.1 Å². The lowest BCUT2D eigenvalue weighted by Crippen LogP contribution is -2.51. The molecule has 0 spiro atoms. The van der Waals surface area contributed by atoms with Crippen LogP contribution in [0.3, 0.4) is 0 Å². The molecule has 1 rings (SSSR count). The van der Waals surface area contributed by atoms with Crippen LogP contribution in [-0.2, 0) is 14.3 Å². The van der Waals surface area contributed by atoms with E-state index in [9.17, 15) is 0 Å². The monoisotopic (exact) mass is 349 g/mol. The summed E-state index contributed by atoms with van der Waals surface area (Å²) in [6, 6.07) is 0. The molecule has 134 valence electrons. The van der Waals surface area contributed by atoms with E-state index in [2.05, 4.69) is 22.0 Å². The van der Waals surface area contributed by atoms with Gasteiger partial charge in [0.2, 0.25) is 0 Å². The second kappa shape index (κ2) is 13.0. The first-order valence-corrected chi connectivity index (χ1v) is 8.12. The average Bonchev–Trinajstić information content (AvgIpc) is 2.55. The van der Waals surface area contributed by atoms with Crippen molar-refractivity contribution in [2.75, 3.05) is 52.5 Å². The van der Waals surface area contributed by atoms with Crippen molar-refractivity contribution in [1.82, 2.24) is 15.1 Å². The first-order valence-electron chi connectivity index (χ1n) is 7.71. The van der Waals surface area contributed by atoms with Crippen molar-refractivity contribution in [2.45, 2.75) is 20.3 Å². The van der Waals surface area contributed by atoms with Gasteiger partial charge >= 0.3 is 11.9 Å². The fourth-order valence-electron chi connectivity index (χ4n) is 1.89. The molecule has 1 aliphatic heterocycles. The number of aliphatic carboxylic acids is 2. The number of piperazine rings is 1. The quantitative estimate of drug-likeness (QED) is 0.349. The maximum Gasteiger partial charge on any atom is 0.414 e. The van der Waals surface area contributed by atoms with Crippen LogP contribution in [0.4, 0.5) is 0 Å². The highest BCUT2D eigenvalue weighted by Gasteiger charge is 2.16. The lowest BCUT2D eigenvalue weighted by atomic mass is 10.3. The van der Waals surface area contributed by atoms with E-state index < -0.39 is 11.9 Å². The molecule has 0 atom stereocenters. The van der Waals surface area contributed by atoms with Gasteiger partial charge in [0, 0.05) is 45.9 Å². The van der Waals surface area contributed by atoms with Crippen molar-refractivity contribution in [3.05, 3.63) is 0 Å². The van der Waals surface area contributed by atoms with E-state index in [0.29, 0.717) is 0 Å². The summed E-state index contributed by atoms with van der Waals surface area (Å²) in [5.41, 5.74) is 0. The zero-order valence-electron chi connectivity index (χ0n) is 13.8. The van der Waals surface area contributed by atoms with Crippen LogP contribution < -0.4 is 5.32 Å². The third-order valence-corrected chi connectivity index (χ3v) is 3.64. The third-order valence-electron chi connectivity index (χ3n) is 3.24. The van der Waals surface area contributed by atoms with Gasteiger partial charge in [0.05, 0.1) is 0 Å². The molecule has 0 unspecified atom stereocenters. The summed E-state index contributed by atoms with van der Waals surface area (Å²) in [5.74, 6) is -3.65. The Labute approximate surface area is 142 Å². The number of thiocarbonyl (C=S) groups is 1. The molecule has 0 saturated carbocycles. The van der Waals surface area contributed by atoms with Crippen LogP contribution in [0.15, 0.2) is 0 Å². The predicted octanol–water partition coefficient (Wildman–Crippen LogP) is 0.0806. The van der Waals surface area contributed by atoms with Crippen LogP contribution in [-0.4, -0.2) is 89.5 Å². The first kappa shape index (κ1) is 21.6. The summed E-state index contributed by atoms with van der Waals surface area (Å²) < 4.78 is 5.29. The van der Waals surface area contributed by atoms with Gasteiger partial charge in [-0.25, -0.2) is 9.59 Å². The van der Waals surface area contributed by atoms with Crippen LogP contribution in [0.1, 0.15) is 20.3 Å². The number of nitrogens with zero attached hydrogens (tertiary/aromatic N) is 2. The number of carboxylic acid groups (broad SMARTS) is 2. The molecule has 1 saturated heterocycles. The zero-order valence-corrected chi connectivity index (χ0v) is 14.6. The van der Waals surface area contributed by atoms with Crippen molar-refractivity contribution in [3.63, 3.8) is 0 Å². The van der Waals surface area contributed by atoms with Crippen LogP contribution in [0.25, 0.3) is 0 Å². The summed E-state index contributed by atoms with van der Waals surface area (Å²) in [4.78, 5) is 22.9. The molecular formula is C14H27N3O5S. The van der Waals surface area contributed by atoms with E-state index in [-0.39, 0.29) is 0 Å². The molecule has 0 bridgehead atoms. The van der Waals surface area contributed by atoms with E-state index >= 15 is 0 Å². The highest BCUT2D eigenvalue weighted by molar-refractivity contribution is 7.80. The van der Waals surface area contributed by atoms with Crippen LogP contribution >= 0.6 is 12.2 Å². The third kappa shape index (κ3) is 10.8. The molecular weight excluding hydrogens is 322 g/mol. The fourth-order valence-corrected chi connectivity index (χ4v) is 2.18. The van der Waals surface area contributed by atoms with Gasteiger partial charge in [-0.2, -0.15) is 0 Å². The molecule has 3 N–H and O–H groups in total. The van der Waals surface area contributed by atoms with Gasteiger partial charge in [-0.1, -0.05) is 6.92 Å². The van der Waals surface area contributed by atoms with Gasteiger partial charge in [-0.15, -0.1) is 0 Å².